The largest absolute Gasteiger partial charge is 0.383 e. The third-order valence-corrected chi connectivity index (χ3v) is 4.65. The van der Waals surface area contributed by atoms with Crippen LogP contribution in [0.2, 0.25) is 0 Å². The summed E-state index contributed by atoms with van der Waals surface area (Å²) in [6.45, 7) is 2.37. The standard InChI is InChI=1S/C23H25N3O3/c1-3-18(15-29-2)25-23(28)21(26-22(27)16-9-5-4-6-10-16)13-17-14-24-20-12-8-7-11-19(17)20/h4-14,18,24H,3,15H2,1-2H3,(H,25,28)(H,26,27)/b21-13-. The Balaban J connectivity index is 1.92. The van der Waals surface area contributed by atoms with Crippen LogP contribution in [0.25, 0.3) is 17.0 Å². The van der Waals surface area contributed by atoms with Gasteiger partial charge in [0.25, 0.3) is 11.8 Å². The molecule has 3 N–H and O–H groups in total. The van der Waals surface area contributed by atoms with Crippen molar-refractivity contribution in [2.24, 2.45) is 0 Å². The third-order valence-electron chi connectivity index (χ3n) is 4.65. The van der Waals surface area contributed by atoms with E-state index in [0.29, 0.717) is 18.6 Å². The lowest BCUT2D eigenvalue weighted by Gasteiger charge is -2.18. The van der Waals surface area contributed by atoms with Gasteiger partial charge in [-0.25, -0.2) is 0 Å². The van der Waals surface area contributed by atoms with Crippen LogP contribution in [0.15, 0.2) is 66.5 Å². The molecule has 150 valence electrons. The molecule has 3 rings (SSSR count). The maximum Gasteiger partial charge on any atom is 0.268 e. The zero-order chi connectivity index (χ0) is 20.6. The van der Waals surface area contributed by atoms with Crippen LogP contribution in [0.1, 0.15) is 29.3 Å². The van der Waals surface area contributed by atoms with Crippen LogP contribution in [-0.4, -0.2) is 36.6 Å². The number of aromatic amines is 1. The van der Waals surface area contributed by atoms with Crippen LogP contribution in [0.5, 0.6) is 0 Å². The van der Waals surface area contributed by atoms with Crippen molar-refractivity contribution in [2.45, 2.75) is 19.4 Å². The molecular weight excluding hydrogens is 366 g/mol. The molecule has 1 atom stereocenters. The maximum atomic E-state index is 13.0. The van der Waals surface area contributed by atoms with E-state index < -0.39 is 0 Å². The van der Waals surface area contributed by atoms with Crippen molar-refractivity contribution in [3.05, 3.63) is 77.6 Å². The SMILES string of the molecule is CCC(COC)NC(=O)/C(=C/c1c[nH]c2ccccc12)NC(=O)c1ccccc1. The van der Waals surface area contributed by atoms with Crippen molar-refractivity contribution in [1.29, 1.82) is 0 Å². The van der Waals surface area contributed by atoms with Gasteiger partial charge < -0.3 is 20.4 Å². The molecule has 0 saturated carbocycles. The number of aromatic nitrogens is 1. The molecule has 29 heavy (non-hydrogen) atoms. The van der Waals surface area contributed by atoms with Gasteiger partial charge in [-0.1, -0.05) is 43.3 Å². The van der Waals surface area contributed by atoms with Crippen LogP contribution >= 0.6 is 0 Å². The number of amides is 2. The Morgan fingerprint density at radius 2 is 1.83 bits per heavy atom. The molecule has 1 heterocycles. The molecule has 0 aliphatic carbocycles. The second-order valence-electron chi connectivity index (χ2n) is 6.70. The van der Waals surface area contributed by atoms with Gasteiger partial charge >= 0.3 is 0 Å². The van der Waals surface area contributed by atoms with E-state index in [0.717, 1.165) is 16.5 Å². The van der Waals surface area contributed by atoms with Crippen LogP contribution in [0.3, 0.4) is 0 Å². The number of methoxy groups -OCH3 is 1. The van der Waals surface area contributed by atoms with Crippen molar-refractivity contribution >= 4 is 28.8 Å². The Kier molecular flexibility index (Phi) is 6.81. The summed E-state index contributed by atoms with van der Waals surface area (Å²) in [6.07, 6.45) is 4.22. The molecule has 2 aromatic carbocycles. The zero-order valence-electron chi connectivity index (χ0n) is 16.6. The van der Waals surface area contributed by atoms with E-state index in [-0.39, 0.29) is 23.6 Å². The van der Waals surface area contributed by atoms with Crippen molar-refractivity contribution in [3.63, 3.8) is 0 Å². The molecule has 0 aliphatic heterocycles. The second kappa shape index (κ2) is 9.71. The van der Waals surface area contributed by atoms with Gasteiger partial charge in [-0.2, -0.15) is 0 Å². The Bertz CT molecular complexity index is 1010. The number of rotatable bonds is 8. The molecule has 0 aliphatic rings. The molecule has 0 radical (unpaired) electrons. The first-order valence-electron chi connectivity index (χ1n) is 9.56. The maximum absolute atomic E-state index is 13.0. The first-order chi connectivity index (χ1) is 14.1. The number of nitrogens with one attached hydrogen (secondary N) is 3. The molecule has 0 saturated heterocycles. The Hall–Kier alpha value is -3.38. The number of hydrogen-bond donors (Lipinski definition) is 3. The van der Waals surface area contributed by atoms with E-state index in [1.165, 1.54) is 0 Å². The first-order valence-corrected chi connectivity index (χ1v) is 9.56. The number of ether oxygens (including phenoxy) is 1. The number of carbonyl (C=O) groups excluding carboxylic acids is 2. The van der Waals surface area contributed by atoms with Gasteiger partial charge in [0.2, 0.25) is 0 Å². The van der Waals surface area contributed by atoms with E-state index >= 15 is 0 Å². The molecule has 6 nitrogen and oxygen atoms in total. The highest BCUT2D eigenvalue weighted by Gasteiger charge is 2.18. The number of hydrogen-bond acceptors (Lipinski definition) is 3. The van der Waals surface area contributed by atoms with Gasteiger partial charge in [-0.05, 0) is 30.7 Å². The zero-order valence-corrected chi connectivity index (χ0v) is 16.6. The predicted octanol–water partition coefficient (Wildman–Crippen LogP) is 3.48. The normalized spacial score (nSPS) is 12.6. The van der Waals surface area contributed by atoms with Crippen molar-refractivity contribution < 1.29 is 14.3 Å². The summed E-state index contributed by atoms with van der Waals surface area (Å²) in [6, 6.07) is 16.5. The van der Waals surface area contributed by atoms with Crippen LogP contribution in [0.4, 0.5) is 0 Å². The topological polar surface area (TPSA) is 83.2 Å². The number of benzene rings is 2. The van der Waals surface area contributed by atoms with Gasteiger partial charge in [0.15, 0.2) is 0 Å². The van der Waals surface area contributed by atoms with Crippen molar-refractivity contribution in [2.75, 3.05) is 13.7 Å². The Morgan fingerprint density at radius 1 is 1.10 bits per heavy atom. The van der Waals surface area contributed by atoms with Crippen molar-refractivity contribution in [1.82, 2.24) is 15.6 Å². The highest BCUT2D eigenvalue weighted by Crippen LogP contribution is 2.20. The minimum Gasteiger partial charge on any atom is -0.383 e. The Labute approximate surface area is 170 Å². The number of fused-ring (bicyclic) bond motifs is 1. The van der Waals surface area contributed by atoms with Gasteiger partial charge in [-0.15, -0.1) is 0 Å². The average Bonchev–Trinajstić information content (AvgIpc) is 3.16. The minimum atomic E-state index is -0.358. The molecule has 0 spiro atoms. The second-order valence-corrected chi connectivity index (χ2v) is 6.70. The van der Waals surface area contributed by atoms with E-state index in [4.69, 9.17) is 4.74 Å². The fourth-order valence-corrected chi connectivity index (χ4v) is 3.04. The lowest BCUT2D eigenvalue weighted by atomic mass is 10.1. The predicted molar refractivity (Wildman–Crippen MR) is 114 cm³/mol. The van der Waals surface area contributed by atoms with Gasteiger partial charge in [0.1, 0.15) is 5.70 Å². The van der Waals surface area contributed by atoms with Gasteiger partial charge in [0, 0.05) is 35.3 Å². The summed E-state index contributed by atoms with van der Waals surface area (Å²) in [5, 5.41) is 6.66. The molecule has 1 aromatic heterocycles. The molecule has 0 bridgehead atoms. The highest BCUT2D eigenvalue weighted by atomic mass is 16.5. The summed E-state index contributed by atoms with van der Waals surface area (Å²) in [7, 11) is 1.59. The fraction of sp³-hybridized carbons (Fsp3) is 0.217. The number of H-pyrrole nitrogens is 1. The van der Waals surface area contributed by atoms with Gasteiger partial charge in [-0.3, -0.25) is 9.59 Å². The van der Waals surface area contributed by atoms with E-state index in [9.17, 15) is 9.59 Å². The smallest absolute Gasteiger partial charge is 0.268 e. The lowest BCUT2D eigenvalue weighted by Crippen LogP contribution is -2.42. The lowest BCUT2D eigenvalue weighted by molar-refractivity contribution is -0.118. The van der Waals surface area contributed by atoms with E-state index in [1.807, 2.05) is 43.5 Å². The Morgan fingerprint density at radius 3 is 2.55 bits per heavy atom. The molecule has 0 fully saturated rings. The van der Waals surface area contributed by atoms with E-state index in [2.05, 4.69) is 15.6 Å². The molecule has 2 amide bonds. The number of para-hydroxylation sites is 1. The van der Waals surface area contributed by atoms with E-state index in [1.54, 1.807) is 37.5 Å². The monoisotopic (exact) mass is 391 g/mol. The average molecular weight is 391 g/mol. The summed E-state index contributed by atoms with van der Waals surface area (Å²) in [5.41, 5.74) is 2.44. The third kappa shape index (κ3) is 5.12. The first kappa shape index (κ1) is 20.4. The molecule has 3 aromatic rings. The molecular formula is C23H25N3O3. The summed E-state index contributed by atoms with van der Waals surface area (Å²) in [5.74, 6) is -0.699. The highest BCUT2D eigenvalue weighted by molar-refractivity contribution is 6.06. The summed E-state index contributed by atoms with van der Waals surface area (Å²) in [4.78, 5) is 28.8. The minimum absolute atomic E-state index is 0.146. The van der Waals surface area contributed by atoms with Gasteiger partial charge in [0.05, 0.1) is 12.6 Å². The summed E-state index contributed by atoms with van der Waals surface area (Å²) >= 11 is 0. The molecule has 6 heteroatoms. The van der Waals surface area contributed by atoms with Crippen molar-refractivity contribution in [3.8, 4) is 0 Å². The van der Waals surface area contributed by atoms with Crippen LogP contribution in [0, 0.1) is 0 Å². The summed E-state index contributed by atoms with van der Waals surface area (Å²) < 4.78 is 5.16. The molecule has 1 unspecified atom stereocenters. The van der Waals surface area contributed by atoms with Crippen LogP contribution in [-0.2, 0) is 9.53 Å². The fourth-order valence-electron chi connectivity index (χ4n) is 3.04. The van der Waals surface area contributed by atoms with Crippen LogP contribution < -0.4 is 10.6 Å². The number of carbonyl (C=O) groups is 2. The quantitative estimate of drug-likeness (QED) is 0.514.